The molecule has 14 nitrogen and oxygen atoms in total. The molecule has 0 aromatic heterocycles. The maximum Gasteiger partial charge on any atom is 0.416 e. The van der Waals surface area contributed by atoms with E-state index in [4.69, 9.17) is 9.47 Å². The number of halogens is 3. The molecule has 3 aliphatic heterocycles. The van der Waals surface area contributed by atoms with Crippen molar-refractivity contribution in [2.45, 2.75) is 132 Å². The molecule has 3 N–H and O–H groups in total. The van der Waals surface area contributed by atoms with E-state index in [0.29, 0.717) is 44.1 Å². The number of benzene rings is 1. The highest BCUT2D eigenvalue weighted by Crippen LogP contribution is 2.46. The predicted octanol–water partition coefficient (Wildman–Crippen LogP) is 4.07. The third-order valence-electron chi connectivity index (χ3n) is 10.6. The molecule has 302 valence electrons. The van der Waals surface area contributed by atoms with Gasteiger partial charge in [0.25, 0.3) is 5.91 Å². The molecule has 0 bridgehead atoms. The zero-order valence-corrected chi connectivity index (χ0v) is 31.9. The van der Waals surface area contributed by atoms with E-state index in [-0.39, 0.29) is 50.9 Å². The topological polar surface area (TPSA) is 181 Å². The van der Waals surface area contributed by atoms with Crippen LogP contribution in [0.3, 0.4) is 0 Å². The van der Waals surface area contributed by atoms with E-state index >= 15 is 0 Å². The molecule has 18 heteroatoms. The van der Waals surface area contributed by atoms with Crippen molar-refractivity contribution in [3.8, 4) is 0 Å². The van der Waals surface area contributed by atoms with Crippen molar-refractivity contribution in [2.24, 2.45) is 5.92 Å². The van der Waals surface area contributed by atoms with Gasteiger partial charge in [0.2, 0.25) is 21.8 Å². The summed E-state index contributed by atoms with van der Waals surface area (Å²) in [7, 11) is -3.97. The zero-order valence-electron chi connectivity index (χ0n) is 31.1. The molecule has 1 saturated heterocycles. The molecule has 55 heavy (non-hydrogen) atoms. The van der Waals surface area contributed by atoms with Crippen LogP contribution in [0.1, 0.15) is 95.2 Å². The van der Waals surface area contributed by atoms with Crippen molar-refractivity contribution in [1.29, 1.82) is 0 Å². The lowest BCUT2D eigenvalue weighted by Gasteiger charge is -2.31. The molecule has 2 saturated carbocycles. The van der Waals surface area contributed by atoms with Crippen molar-refractivity contribution in [2.75, 3.05) is 13.1 Å². The molecule has 5 atom stereocenters. The van der Waals surface area contributed by atoms with Crippen LogP contribution in [0.15, 0.2) is 30.4 Å². The molecule has 3 fully saturated rings. The number of alkyl halides is 3. The fourth-order valence-electron chi connectivity index (χ4n) is 7.52. The SMILES string of the molecule is CC(C)(C)OC(=O)N[C@H]1CCCCC/C=C\[C@H]2C[C@@]2(C(=O)NS(=O)(=O)C2CC2)NC(=O)[C@@H]2C[C@@H](OC(=O)N3CCc4cccc(C(F)(F)F)c4C3)CN2C1=O. The zero-order chi connectivity index (χ0) is 39.9. The van der Waals surface area contributed by atoms with Gasteiger partial charge < -0.3 is 29.9 Å². The lowest BCUT2D eigenvalue weighted by atomic mass is 9.95. The van der Waals surface area contributed by atoms with Gasteiger partial charge in [-0.3, -0.25) is 19.1 Å². The van der Waals surface area contributed by atoms with Crippen LogP contribution in [0.25, 0.3) is 0 Å². The number of rotatable bonds is 5. The Morgan fingerprint density at radius 2 is 1.78 bits per heavy atom. The van der Waals surface area contributed by atoms with E-state index in [2.05, 4.69) is 15.4 Å². The number of carbonyl (C=O) groups excluding carboxylic acids is 5. The number of alkyl carbamates (subject to hydrolysis) is 1. The van der Waals surface area contributed by atoms with Crippen LogP contribution in [0.4, 0.5) is 22.8 Å². The van der Waals surface area contributed by atoms with Gasteiger partial charge in [0, 0.05) is 25.4 Å². The van der Waals surface area contributed by atoms with Gasteiger partial charge in [-0.15, -0.1) is 0 Å². The van der Waals surface area contributed by atoms with Gasteiger partial charge in [-0.25, -0.2) is 18.0 Å². The molecule has 1 aromatic rings. The van der Waals surface area contributed by atoms with E-state index in [9.17, 15) is 45.6 Å². The van der Waals surface area contributed by atoms with Gasteiger partial charge in [-0.1, -0.05) is 37.1 Å². The van der Waals surface area contributed by atoms with Crippen molar-refractivity contribution in [1.82, 2.24) is 25.2 Å². The fraction of sp³-hybridized carbons (Fsp3) is 0.649. The van der Waals surface area contributed by atoms with Crippen molar-refractivity contribution in [3.63, 3.8) is 0 Å². The van der Waals surface area contributed by atoms with Crippen LogP contribution in [0.5, 0.6) is 0 Å². The van der Waals surface area contributed by atoms with Crippen LogP contribution >= 0.6 is 0 Å². The predicted molar refractivity (Wildman–Crippen MR) is 190 cm³/mol. The molecule has 0 radical (unpaired) electrons. The maximum atomic E-state index is 14.3. The van der Waals surface area contributed by atoms with Gasteiger partial charge in [0.1, 0.15) is 29.3 Å². The number of nitrogens with zero attached hydrogens (tertiary/aromatic N) is 2. The summed E-state index contributed by atoms with van der Waals surface area (Å²) in [6, 6.07) is 1.38. The average Bonchev–Trinajstić information content (AvgIpc) is 4.02. The summed E-state index contributed by atoms with van der Waals surface area (Å²) >= 11 is 0. The molecule has 3 heterocycles. The summed E-state index contributed by atoms with van der Waals surface area (Å²) in [6.07, 6.45) is -0.278. The highest BCUT2D eigenvalue weighted by Gasteiger charge is 2.62. The van der Waals surface area contributed by atoms with E-state index in [1.54, 1.807) is 32.9 Å². The normalized spacial score (nSPS) is 28.3. The number of allylic oxidation sites excluding steroid dienone is 1. The number of amides is 5. The number of hydrogen-bond donors (Lipinski definition) is 3. The number of hydrogen-bond acceptors (Lipinski definition) is 9. The first-order chi connectivity index (χ1) is 25.8. The summed E-state index contributed by atoms with van der Waals surface area (Å²) in [6.45, 7) is 4.40. The van der Waals surface area contributed by atoms with Gasteiger partial charge in [0.05, 0.1) is 17.4 Å². The first-order valence-corrected chi connectivity index (χ1v) is 20.3. The maximum absolute atomic E-state index is 14.3. The largest absolute Gasteiger partial charge is 0.444 e. The Kier molecular flexibility index (Phi) is 11.2. The second kappa shape index (κ2) is 15.3. The third-order valence-corrected chi connectivity index (χ3v) is 12.5. The molecular formula is C37H48F3N5O9S. The van der Waals surface area contributed by atoms with E-state index in [0.717, 1.165) is 11.0 Å². The first-order valence-electron chi connectivity index (χ1n) is 18.8. The smallest absolute Gasteiger partial charge is 0.416 e. The van der Waals surface area contributed by atoms with E-state index in [1.807, 2.05) is 6.08 Å². The van der Waals surface area contributed by atoms with Gasteiger partial charge in [-0.05, 0) is 82.9 Å². The molecule has 6 rings (SSSR count). The quantitative estimate of drug-likeness (QED) is 0.371. The van der Waals surface area contributed by atoms with Crippen LogP contribution in [-0.4, -0.2) is 95.8 Å². The third kappa shape index (κ3) is 9.38. The Labute approximate surface area is 317 Å². The summed E-state index contributed by atoms with van der Waals surface area (Å²) < 4.78 is 80.4. The average molecular weight is 796 g/mol. The van der Waals surface area contributed by atoms with Crippen molar-refractivity contribution in [3.05, 3.63) is 47.0 Å². The Balaban J connectivity index is 1.25. The number of ether oxygens (including phenoxy) is 2. The molecule has 0 unspecified atom stereocenters. The molecule has 1 aromatic carbocycles. The minimum atomic E-state index is -4.64. The molecule has 5 amide bonds. The van der Waals surface area contributed by atoms with E-state index < -0.39 is 92.2 Å². The second-order valence-electron chi connectivity index (χ2n) is 16.1. The highest BCUT2D eigenvalue weighted by molar-refractivity contribution is 7.91. The Morgan fingerprint density at radius 1 is 1.04 bits per heavy atom. The number of sulfonamides is 1. The Morgan fingerprint density at radius 3 is 2.47 bits per heavy atom. The fourth-order valence-corrected chi connectivity index (χ4v) is 8.88. The molecule has 5 aliphatic rings. The van der Waals surface area contributed by atoms with Crippen LogP contribution in [0, 0.1) is 5.92 Å². The monoisotopic (exact) mass is 795 g/mol. The van der Waals surface area contributed by atoms with Crippen molar-refractivity contribution >= 4 is 39.9 Å². The van der Waals surface area contributed by atoms with Crippen LogP contribution < -0.4 is 15.4 Å². The number of fused-ring (bicyclic) bond motifs is 3. The summed E-state index contributed by atoms with van der Waals surface area (Å²) in [5.41, 5.74) is -2.93. The summed E-state index contributed by atoms with van der Waals surface area (Å²) in [5.74, 6) is -2.88. The lowest BCUT2D eigenvalue weighted by Crippen LogP contribution is -2.58. The Bertz CT molecular complexity index is 1840. The minimum absolute atomic E-state index is 0.0387. The summed E-state index contributed by atoms with van der Waals surface area (Å²) in [5, 5.41) is 4.67. The van der Waals surface area contributed by atoms with Crippen LogP contribution in [-0.2, 0) is 53.0 Å². The molecule has 2 aliphatic carbocycles. The molecule has 0 spiro atoms. The first kappa shape index (κ1) is 40.3. The van der Waals surface area contributed by atoms with Gasteiger partial charge in [-0.2, -0.15) is 13.2 Å². The number of carbonyl (C=O) groups is 5. The van der Waals surface area contributed by atoms with Gasteiger partial charge >= 0.3 is 18.4 Å². The van der Waals surface area contributed by atoms with E-state index in [1.165, 1.54) is 11.0 Å². The lowest BCUT2D eigenvalue weighted by molar-refractivity contribution is -0.141. The van der Waals surface area contributed by atoms with Gasteiger partial charge in [0.15, 0.2) is 0 Å². The second-order valence-corrected chi connectivity index (χ2v) is 18.0. The molecular weight excluding hydrogens is 747 g/mol. The standard InChI is InChI=1S/C37H48F3N5O9S/c1-35(2,3)54-33(49)41-28-13-8-6-4-5-7-11-23-19-36(23,32(48)43-55(51,52)25-14-15-25)42-30(46)29-18-24(20-45(29)31(28)47)53-34(50)44-17-16-22-10-9-12-27(26(22)21-44)37(38,39)40/h7,9-12,23-25,28-29H,4-6,8,13-21H2,1-3H3,(H,41,49)(H,42,46)(H,43,48)/b11-7-/t23-,24+,28-,29-,36+/m0/s1. The summed E-state index contributed by atoms with van der Waals surface area (Å²) in [4.78, 5) is 70.9. The number of nitrogens with one attached hydrogen (secondary N) is 3. The van der Waals surface area contributed by atoms with Crippen LogP contribution in [0.2, 0.25) is 0 Å². The van der Waals surface area contributed by atoms with Crippen molar-refractivity contribution < 1.29 is 55.0 Å². The Hall–Kier alpha value is -4.35. The highest BCUT2D eigenvalue weighted by atomic mass is 32.2. The minimum Gasteiger partial charge on any atom is -0.444 e.